The monoisotopic (exact) mass is 473 g/mol. The van der Waals surface area contributed by atoms with Crippen LogP contribution >= 0.6 is 0 Å². The minimum atomic E-state index is -3.79. The summed E-state index contributed by atoms with van der Waals surface area (Å²) >= 11 is 0. The third-order valence-electron chi connectivity index (χ3n) is 5.72. The van der Waals surface area contributed by atoms with E-state index in [-0.39, 0.29) is 23.3 Å². The molecule has 1 saturated heterocycles. The molecule has 0 aliphatic carbocycles. The molecule has 1 aliphatic heterocycles. The number of para-hydroxylation sites is 1. The van der Waals surface area contributed by atoms with Crippen LogP contribution in [-0.2, 0) is 10.0 Å². The average molecular weight is 474 g/mol. The van der Waals surface area contributed by atoms with E-state index < -0.39 is 10.0 Å². The molecule has 0 bridgehead atoms. The van der Waals surface area contributed by atoms with Gasteiger partial charge in [0.2, 0.25) is 10.0 Å². The predicted octanol–water partition coefficient (Wildman–Crippen LogP) is 3.66. The van der Waals surface area contributed by atoms with Crippen molar-refractivity contribution >= 4 is 15.7 Å². The third kappa shape index (κ3) is 5.55. The lowest BCUT2D eigenvalue weighted by Crippen LogP contribution is -2.49. The van der Waals surface area contributed by atoms with Crippen LogP contribution in [0.4, 0.5) is 10.1 Å². The van der Waals surface area contributed by atoms with Gasteiger partial charge in [-0.15, -0.1) is 0 Å². The van der Waals surface area contributed by atoms with Gasteiger partial charge in [0, 0.05) is 38.4 Å². The zero-order valence-corrected chi connectivity index (χ0v) is 19.3. The minimum Gasteiger partial charge on any atom is -0.492 e. The van der Waals surface area contributed by atoms with Gasteiger partial charge in [-0.05, 0) is 55.5 Å². The molecule has 2 heterocycles. The molecule has 33 heavy (non-hydrogen) atoms. The lowest BCUT2D eigenvalue weighted by molar-refractivity contribution is 0.166. The van der Waals surface area contributed by atoms with Crippen LogP contribution in [0.2, 0.25) is 0 Å². The summed E-state index contributed by atoms with van der Waals surface area (Å²) in [6, 6.07) is 16.5. The Morgan fingerprint density at radius 2 is 1.76 bits per heavy atom. The third-order valence-corrected chi connectivity index (χ3v) is 7.19. The van der Waals surface area contributed by atoms with Crippen LogP contribution in [-0.4, -0.2) is 52.6 Å². The summed E-state index contributed by atoms with van der Waals surface area (Å²) in [4.78, 5) is 4.51. The molecule has 1 atom stereocenters. The highest BCUT2D eigenvalue weighted by Crippen LogP contribution is 2.27. The molecule has 1 N–H and O–H groups in total. The van der Waals surface area contributed by atoms with E-state index in [1.165, 1.54) is 18.2 Å². The van der Waals surface area contributed by atoms with E-state index >= 15 is 0 Å². The van der Waals surface area contributed by atoms with Gasteiger partial charge in [0.05, 0.1) is 18.9 Å². The second kappa shape index (κ2) is 10.4. The van der Waals surface area contributed by atoms with Gasteiger partial charge in [-0.3, -0.25) is 4.90 Å². The summed E-state index contributed by atoms with van der Waals surface area (Å²) in [6.07, 6.45) is 1.59. The van der Waals surface area contributed by atoms with Gasteiger partial charge in [-0.1, -0.05) is 12.1 Å². The second-order valence-corrected chi connectivity index (χ2v) is 9.50. The largest absolute Gasteiger partial charge is 0.492 e. The number of hydrogen-bond acceptors (Lipinski definition) is 6. The van der Waals surface area contributed by atoms with Crippen LogP contribution in [0.3, 0.4) is 0 Å². The van der Waals surface area contributed by atoms with Crippen molar-refractivity contribution in [3.63, 3.8) is 0 Å². The number of benzene rings is 2. The molecule has 1 aromatic heterocycles. The van der Waals surface area contributed by atoms with Crippen molar-refractivity contribution in [2.24, 2.45) is 0 Å². The molecule has 9 heteroatoms. The van der Waals surface area contributed by atoms with Crippen molar-refractivity contribution in [1.82, 2.24) is 9.62 Å². The van der Waals surface area contributed by atoms with Crippen molar-refractivity contribution in [2.45, 2.75) is 17.9 Å². The lowest BCUT2D eigenvalue weighted by atomic mass is 10.1. The number of piperazine rings is 1. The maximum absolute atomic E-state index is 13.2. The smallest absolute Gasteiger partial charge is 0.244 e. The van der Waals surface area contributed by atoms with Crippen molar-refractivity contribution in [3.8, 4) is 5.75 Å². The first-order chi connectivity index (χ1) is 16.0. The first-order valence-corrected chi connectivity index (χ1v) is 12.5. The Balaban J connectivity index is 1.46. The van der Waals surface area contributed by atoms with E-state index in [0.29, 0.717) is 31.2 Å². The number of furan rings is 1. The highest BCUT2D eigenvalue weighted by atomic mass is 32.2. The Bertz CT molecular complexity index is 1130. The number of nitrogens with one attached hydrogen (secondary N) is 1. The van der Waals surface area contributed by atoms with E-state index in [0.717, 1.165) is 18.8 Å². The van der Waals surface area contributed by atoms with E-state index in [1.54, 1.807) is 42.7 Å². The Hall–Kier alpha value is -2.88. The molecule has 1 fully saturated rings. The highest BCUT2D eigenvalue weighted by molar-refractivity contribution is 7.89. The van der Waals surface area contributed by atoms with Gasteiger partial charge in [-0.2, -0.15) is 0 Å². The van der Waals surface area contributed by atoms with Gasteiger partial charge >= 0.3 is 0 Å². The Morgan fingerprint density at radius 3 is 2.42 bits per heavy atom. The maximum Gasteiger partial charge on any atom is 0.244 e. The molecule has 0 spiro atoms. The van der Waals surface area contributed by atoms with E-state index in [9.17, 15) is 12.8 Å². The fourth-order valence-electron chi connectivity index (χ4n) is 4.05. The minimum absolute atomic E-state index is 0.117. The number of halogens is 1. The first kappa shape index (κ1) is 23.3. The zero-order chi connectivity index (χ0) is 23.3. The van der Waals surface area contributed by atoms with Crippen molar-refractivity contribution < 1.29 is 22.0 Å². The van der Waals surface area contributed by atoms with Gasteiger partial charge in [0.1, 0.15) is 22.2 Å². The van der Waals surface area contributed by atoms with Gasteiger partial charge in [-0.25, -0.2) is 17.5 Å². The summed E-state index contributed by atoms with van der Waals surface area (Å²) in [5.41, 5.74) is 0.971. The van der Waals surface area contributed by atoms with Gasteiger partial charge < -0.3 is 14.1 Å². The molecule has 7 nitrogen and oxygen atoms in total. The van der Waals surface area contributed by atoms with Crippen LogP contribution in [0.1, 0.15) is 18.7 Å². The number of rotatable bonds is 9. The SMILES string of the molecule is CCOc1ccccc1S(=O)(=O)NCC(c1ccco1)N1CCN(c2ccc(F)cc2)CC1. The number of hydrogen-bond donors (Lipinski definition) is 1. The van der Waals surface area contributed by atoms with Crippen LogP contribution < -0.4 is 14.4 Å². The average Bonchev–Trinajstić information content (AvgIpc) is 3.35. The lowest BCUT2D eigenvalue weighted by Gasteiger charge is -2.39. The van der Waals surface area contributed by atoms with Crippen LogP contribution in [0, 0.1) is 5.82 Å². The van der Waals surface area contributed by atoms with E-state index in [4.69, 9.17) is 9.15 Å². The van der Waals surface area contributed by atoms with Crippen molar-refractivity contribution in [2.75, 3.05) is 44.2 Å². The molecule has 1 aliphatic rings. The fraction of sp³-hybridized carbons (Fsp3) is 0.333. The van der Waals surface area contributed by atoms with Crippen molar-refractivity contribution in [3.05, 3.63) is 78.5 Å². The molecule has 3 aromatic rings. The molecular weight excluding hydrogens is 445 g/mol. The number of anilines is 1. The highest BCUT2D eigenvalue weighted by Gasteiger charge is 2.29. The normalized spacial score (nSPS) is 16.0. The molecule has 2 aromatic carbocycles. The number of sulfonamides is 1. The Kier molecular flexibility index (Phi) is 7.32. The summed E-state index contributed by atoms with van der Waals surface area (Å²) in [5, 5.41) is 0. The summed E-state index contributed by atoms with van der Waals surface area (Å²) < 4.78 is 53.3. The van der Waals surface area contributed by atoms with Gasteiger partial charge in [0.15, 0.2) is 0 Å². The van der Waals surface area contributed by atoms with E-state index in [2.05, 4.69) is 14.5 Å². The topological polar surface area (TPSA) is 75.0 Å². The molecule has 4 rings (SSSR count). The molecule has 1 unspecified atom stereocenters. The Labute approximate surface area is 193 Å². The summed E-state index contributed by atoms with van der Waals surface area (Å²) in [5.74, 6) is 0.773. The molecule has 0 amide bonds. The number of nitrogens with zero attached hydrogens (tertiary/aromatic N) is 2. The summed E-state index contributed by atoms with van der Waals surface area (Å²) in [7, 11) is -3.79. The number of ether oxygens (including phenoxy) is 1. The quantitative estimate of drug-likeness (QED) is 0.511. The fourth-order valence-corrected chi connectivity index (χ4v) is 5.23. The molecule has 0 saturated carbocycles. The van der Waals surface area contributed by atoms with Crippen LogP contribution in [0.5, 0.6) is 5.75 Å². The van der Waals surface area contributed by atoms with Crippen LogP contribution in [0.25, 0.3) is 0 Å². The second-order valence-electron chi connectivity index (χ2n) is 7.76. The molecule has 176 valence electrons. The van der Waals surface area contributed by atoms with E-state index in [1.807, 2.05) is 13.0 Å². The van der Waals surface area contributed by atoms with Crippen LogP contribution in [0.15, 0.2) is 76.2 Å². The zero-order valence-electron chi connectivity index (χ0n) is 18.5. The molecular formula is C24H28FN3O4S. The maximum atomic E-state index is 13.2. The summed E-state index contributed by atoms with van der Waals surface area (Å²) in [6.45, 7) is 5.24. The first-order valence-electron chi connectivity index (χ1n) is 11.0. The Morgan fingerprint density at radius 1 is 1.03 bits per heavy atom. The van der Waals surface area contributed by atoms with Crippen molar-refractivity contribution in [1.29, 1.82) is 0 Å². The standard InChI is InChI=1S/C24H28FN3O4S/c1-2-31-23-6-3-4-8-24(23)33(29,30)26-18-21(22-7-5-17-32-22)28-15-13-27(14-16-28)20-11-9-19(25)10-12-20/h3-12,17,21,26H,2,13-16,18H2,1H3. The van der Waals surface area contributed by atoms with Gasteiger partial charge in [0.25, 0.3) is 0 Å². The predicted molar refractivity (Wildman–Crippen MR) is 124 cm³/mol. The molecule has 0 radical (unpaired) electrons.